The molecule has 0 aliphatic carbocycles. The number of hydrogen-bond acceptors (Lipinski definition) is 1. The summed E-state index contributed by atoms with van der Waals surface area (Å²) in [7, 11) is 4.07. The van der Waals surface area contributed by atoms with Crippen LogP contribution in [0.1, 0.15) is 103 Å². The second-order valence-corrected chi connectivity index (χ2v) is 6.85. The lowest BCUT2D eigenvalue weighted by Gasteiger charge is -2.02. The van der Waals surface area contributed by atoms with Gasteiger partial charge in [0.2, 0.25) is 0 Å². The highest BCUT2D eigenvalue weighted by Crippen LogP contribution is 2.13. The van der Waals surface area contributed by atoms with Gasteiger partial charge in [0.25, 0.3) is 0 Å². The summed E-state index contributed by atoms with van der Waals surface area (Å²) in [6.45, 7) is 2.29. The summed E-state index contributed by atoms with van der Waals surface area (Å²) in [4.78, 5) is 2.03. The fourth-order valence-electron chi connectivity index (χ4n) is 2.73. The zero-order chi connectivity index (χ0) is 16.3. The van der Waals surface area contributed by atoms with Crippen LogP contribution in [0.3, 0.4) is 0 Å². The van der Waals surface area contributed by atoms with E-state index in [2.05, 4.69) is 18.7 Å². The van der Waals surface area contributed by atoms with Crippen LogP contribution < -0.4 is 0 Å². The molecule has 0 heterocycles. The van der Waals surface area contributed by atoms with Gasteiger partial charge >= 0.3 is 0 Å². The van der Waals surface area contributed by atoms with Gasteiger partial charge in [0.05, 0.1) is 0 Å². The van der Waals surface area contributed by atoms with Crippen molar-refractivity contribution >= 4 is 0 Å². The third-order valence-corrected chi connectivity index (χ3v) is 4.15. The molecule has 0 aromatic heterocycles. The molecule has 0 aromatic rings. The molecule has 0 aliphatic rings. The van der Waals surface area contributed by atoms with Crippen molar-refractivity contribution in [3.05, 3.63) is 18.0 Å². The smallest absolute Gasteiger partial charge is 0.0415 e. The second kappa shape index (κ2) is 18.4. The Morgan fingerprint density at radius 3 is 1.45 bits per heavy atom. The summed E-state index contributed by atoms with van der Waals surface area (Å²) >= 11 is 0. The largest absolute Gasteiger partial charge is 0.377 e. The molecule has 1 nitrogen and oxygen atoms in total. The fraction of sp³-hybridized carbons (Fsp3) is 0.857. The topological polar surface area (TPSA) is 3.24 Å². The monoisotopic (exact) mass is 307 g/mol. The molecule has 0 unspecified atom stereocenters. The first-order valence-corrected chi connectivity index (χ1v) is 9.85. The maximum atomic E-state index is 3.21. The Balaban J connectivity index is 3.07. The highest BCUT2D eigenvalue weighted by molar-refractivity contribution is 4.82. The van der Waals surface area contributed by atoms with Crippen LogP contribution in [0.4, 0.5) is 0 Å². The van der Waals surface area contributed by atoms with Crippen LogP contribution in [-0.2, 0) is 0 Å². The summed E-state index contributed by atoms with van der Waals surface area (Å²) < 4.78 is 0. The molecule has 0 radical (unpaired) electrons. The van der Waals surface area contributed by atoms with E-state index in [1.165, 1.54) is 96.3 Å². The lowest BCUT2D eigenvalue weighted by Crippen LogP contribution is -1.98. The van der Waals surface area contributed by atoms with Crippen LogP contribution in [0.15, 0.2) is 18.0 Å². The minimum atomic E-state index is 1.18. The third kappa shape index (κ3) is 19.3. The van der Waals surface area contributed by atoms with Crippen molar-refractivity contribution in [1.82, 2.24) is 4.90 Å². The van der Waals surface area contributed by atoms with Gasteiger partial charge in [0, 0.05) is 20.3 Å². The van der Waals surface area contributed by atoms with E-state index in [9.17, 15) is 0 Å². The van der Waals surface area contributed by atoms with E-state index in [0.717, 1.165) is 0 Å². The lowest BCUT2D eigenvalue weighted by atomic mass is 10.0. The molecule has 0 spiro atoms. The molecule has 0 saturated carbocycles. The number of rotatable bonds is 16. The molecule has 0 rings (SSSR count). The summed E-state index contributed by atoms with van der Waals surface area (Å²) in [6, 6.07) is 0. The molecule has 0 N–H and O–H groups in total. The zero-order valence-corrected chi connectivity index (χ0v) is 15.7. The quantitative estimate of drug-likeness (QED) is 0.217. The van der Waals surface area contributed by atoms with E-state index in [-0.39, 0.29) is 0 Å². The van der Waals surface area contributed by atoms with E-state index < -0.39 is 0 Å². The van der Waals surface area contributed by atoms with E-state index in [1.807, 2.05) is 25.2 Å². The van der Waals surface area contributed by atoms with Crippen molar-refractivity contribution in [3.63, 3.8) is 0 Å². The van der Waals surface area contributed by atoms with Crippen LogP contribution in [-0.4, -0.2) is 19.0 Å². The standard InChI is InChI=1S/C21H41N/c1-4-5-6-7-8-9-10-11-12-13-14-15-16-17-18-19-20-21-22(2)3/h19,21H,4-18H2,1-3H3. The van der Waals surface area contributed by atoms with Gasteiger partial charge in [-0.25, -0.2) is 0 Å². The molecular formula is C21H41N. The van der Waals surface area contributed by atoms with Crippen molar-refractivity contribution in [3.8, 4) is 0 Å². The molecule has 0 atom stereocenters. The van der Waals surface area contributed by atoms with Crippen molar-refractivity contribution in [2.45, 2.75) is 103 Å². The minimum Gasteiger partial charge on any atom is -0.377 e. The van der Waals surface area contributed by atoms with Gasteiger partial charge in [-0.3, -0.25) is 0 Å². The molecule has 0 aromatic carbocycles. The SMILES string of the molecule is CCCCCCCCCCCCCCCCC=C=CN(C)C. The first-order valence-electron chi connectivity index (χ1n) is 9.85. The van der Waals surface area contributed by atoms with Crippen molar-refractivity contribution < 1.29 is 0 Å². The lowest BCUT2D eigenvalue weighted by molar-refractivity contribution is 0.536. The Labute approximate surface area is 140 Å². The number of unbranched alkanes of at least 4 members (excludes halogenated alkanes) is 14. The predicted octanol–water partition coefficient (Wildman–Crippen LogP) is 7.09. The fourth-order valence-corrected chi connectivity index (χ4v) is 2.73. The van der Waals surface area contributed by atoms with Crippen LogP contribution in [0.5, 0.6) is 0 Å². The first kappa shape index (κ1) is 21.3. The van der Waals surface area contributed by atoms with Gasteiger partial charge in [-0.1, -0.05) is 90.4 Å². The summed E-state index contributed by atoms with van der Waals surface area (Å²) in [6.07, 6.45) is 25.4. The van der Waals surface area contributed by atoms with E-state index in [1.54, 1.807) is 0 Å². The summed E-state index contributed by atoms with van der Waals surface area (Å²) in [5.41, 5.74) is 3.21. The van der Waals surface area contributed by atoms with Gasteiger partial charge in [-0.05, 0) is 18.9 Å². The van der Waals surface area contributed by atoms with Crippen molar-refractivity contribution in [2.24, 2.45) is 0 Å². The molecule has 0 aliphatic heterocycles. The van der Waals surface area contributed by atoms with E-state index in [0.29, 0.717) is 0 Å². The van der Waals surface area contributed by atoms with Crippen LogP contribution >= 0.6 is 0 Å². The van der Waals surface area contributed by atoms with Gasteiger partial charge in [0.15, 0.2) is 0 Å². The van der Waals surface area contributed by atoms with Gasteiger partial charge < -0.3 is 4.90 Å². The first-order chi connectivity index (χ1) is 10.8. The van der Waals surface area contributed by atoms with Gasteiger partial charge in [-0.15, -0.1) is 5.73 Å². The Morgan fingerprint density at radius 2 is 1.05 bits per heavy atom. The van der Waals surface area contributed by atoms with Crippen LogP contribution in [0, 0.1) is 0 Å². The number of nitrogens with zero attached hydrogens (tertiary/aromatic N) is 1. The maximum Gasteiger partial charge on any atom is 0.0415 e. The normalized spacial score (nSPS) is 10.3. The molecule has 0 bridgehead atoms. The van der Waals surface area contributed by atoms with Crippen LogP contribution in [0.2, 0.25) is 0 Å². The molecule has 0 saturated heterocycles. The molecule has 0 amide bonds. The Kier molecular flexibility index (Phi) is 17.8. The second-order valence-electron chi connectivity index (χ2n) is 6.85. The van der Waals surface area contributed by atoms with Crippen molar-refractivity contribution in [2.75, 3.05) is 14.1 Å². The predicted molar refractivity (Wildman–Crippen MR) is 101 cm³/mol. The average Bonchev–Trinajstić information content (AvgIpc) is 2.50. The van der Waals surface area contributed by atoms with Crippen molar-refractivity contribution in [1.29, 1.82) is 0 Å². The maximum absolute atomic E-state index is 3.21. The minimum absolute atomic E-state index is 1.18. The molecular weight excluding hydrogens is 266 g/mol. The Bertz CT molecular complexity index is 261. The summed E-state index contributed by atoms with van der Waals surface area (Å²) in [5.74, 6) is 0. The van der Waals surface area contributed by atoms with Gasteiger partial charge in [-0.2, -0.15) is 0 Å². The zero-order valence-electron chi connectivity index (χ0n) is 15.7. The third-order valence-electron chi connectivity index (χ3n) is 4.15. The molecule has 130 valence electrons. The highest BCUT2D eigenvalue weighted by atomic mass is 15.0. The Hall–Kier alpha value is -0.680. The van der Waals surface area contributed by atoms with Crippen LogP contribution in [0.25, 0.3) is 0 Å². The average molecular weight is 308 g/mol. The number of allylic oxidation sites excluding steroid dienone is 1. The summed E-state index contributed by atoms with van der Waals surface area (Å²) in [5, 5.41) is 0. The molecule has 22 heavy (non-hydrogen) atoms. The van der Waals surface area contributed by atoms with Gasteiger partial charge in [0.1, 0.15) is 0 Å². The Morgan fingerprint density at radius 1 is 0.636 bits per heavy atom. The molecule has 0 fully saturated rings. The van der Waals surface area contributed by atoms with E-state index in [4.69, 9.17) is 0 Å². The highest BCUT2D eigenvalue weighted by Gasteiger charge is 1.93. The number of hydrogen-bond donors (Lipinski definition) is 0. The van der Waals surface area contributed by atoms with E-state index >= 15 is 0 Å². The molecule has 1 heteroatoms.